The summed E-state index contributed by atoms with van der Waals surface area (Å²) in [6, 6.07) is 1.73. The van der Waals surface area contributed by atoms with Crippen LogP contribution in [0.2, 0.25) is 0 Å². The molecule has 0 N–H and O–H groups in total. The molecule has 140 valence electrons. The van der Waals surface area contributed by atoms with E-state index in [4.69, 9.17) is 9.51 Å². The summed E-state index contributed by atoms with van der Waals surface area (Å²) in [5.74, 6) is 1.76. The number of likely N-dealkylation sites (tertiary alicyclic amines) is 1. The van der Waals surface area contributed by atoms with Gasteiger partial charge in [0.15, 0.2) is 0 Å². The summed E-state index contributed by atoms with van der Waals surface area (Å²) in [5.41, 5.74) is 3.08. The molecule has 0 atom stereocenters. The fourth-order valence-electron chi connectivity index (χ4n) is 4.03. The SMILES string of the molecule is Cc1noc(C)c1CN1CCCn2c(nc(CN3CCCC3)cc2=O)C1. The maximum absolute atomic E-state index is 12.6. The monoisotopic (exact) mass is 357 g/mol. The third kappa shape index (κ3) is 3.59. The number of fused-ring (bicyclic) bond motifs is 1. The van der Waals surface area contributed by atoms with Crippen molar-refractivity contribution in [2.75, 3.05) is 19.6 Å². The minimum absolute atomic E-state index is 0.0865. The van der Waals surface area contributed by atoms with Crippen molar-refractivity contribution in [3.63, 3.8) is 0 Å². The summed E-state index contributed by atoms with van der Waals surface area (Å²) in [6.45, 7) is 10.1. The van der Waals surface area contributed by atoms with Crippen molar-refractivity contribution in [1.29, 1.82) is 0 Å². The van der Waals surface area contributed by atoms with Crippen molar-refractivity contribution in [2.45, 2.75) is 59.3 Å². The molecule has 2 aromatic rings. The zero-order valence-corrected chi connectivity index (χ0v) is 15.7. The van der Waals surface area contributed by atoms with Crippen LogP contribution in [0, 0.1) is 13.8 Å². The highest BCUT2D eigenvalue weighted by Crippen LogP contribution is 2.19. The Morgan fingerprint density at radius 2 is 1.81 bits per heavy atom. The second-order valence-electron chi connectivity index (χ2n) is 7.50. The van der Waals surface area contributed by atoms with Gasteiger partial charge in [-0.15, -0.1) is 0 Å². The zero-order valence-electron chi connectivity index (χ0n) is 15.7. The van der Waals surface area contributed by atoms with E-state index in [2.05, 4.69) is 15.0 Å². The quantitative estimate of drug-likeness (QED) is 0.832. The molecule has 0 aliphatic carbocycles. The lowest BCUT2D eigenvalue weighted by Crippen LogP contribution is -2.29. The predicted molar refractivity (Wildman–Crippen MR) is 97.7 cm³/mol. The Morgan fingerprint density at radius 1 is 1.04 bits per heavy atom. The summed E-state index contributed by atoms with van der Waals surface area (Å²) >= 11 is 0. The van der Waals surface area contributed by atoms with Gasteiger partial charge >= 0.3 is 0 Å². The standard InChI is InChI=1S/C19H27N5O2/c1-14-17(15(2)26-21-14)12-23-8-5-9-24-18(13-23)20-16(10-19(24)25)11-22-6-3-4-7-22/h10H,3-9,11-13H2,1-2H3. The van der Waals surface area contributed by atoms with Gasteiger partial charge < -0.3 is 4.52 Å². The second kappa shape index (κ2) is 7.32. The van der Waals surface area contributed by atoms with Crippen LogP contribution in [-0.4, -0.2) is 44.1 Å². The molecule has 4 heterocycles. The highest BCUT2D eigenvalue weighted by Gasteiger charge is 2.21. The van der Waals surface area contributed by atoms with Crippen molar-refractivity contribution in [2.24, 2.45) is 0 Å². The maximum Gasteiger partial charge on any atom is 0.253 e. The van der Waals surface area contributed by atoms with Crippen LogP contribution in [0.15, 0.2) is 15.4 Å². The Morgan fingerprint density at radius 3 is 2.54 bits per heavy atom. The highest BCUT2D eigenvalue weighted by molar-refractivity contribution is 5.20. The van der Waals surface area contributed by atoms with Crippen molar-refractivity contribution in [1.82, 2.24) is 24.5 Å². The van der Waals surface area contributed by atoms with E-state index in [9.17, 15) is 4.79 Å². The van der Waals surface area contributed by atoms with Gasteiger partial charge in [0.25, 0.3) is 5.56 Å². The van der Waals surface area contributed by atoms with Gasteiger partial charge in [0.1, 0.15) is 11.6 Å². The first-order chi connectivity index (χ1) is 12.6. The average Bonchev–Trinajstić information content (AvgIpc) is 3.15. The highest BCUT2D eigenvalue weighted by atomic mass is 16.5. The number of hydrogen-bond acceptors (Lipinski definition) is 6. The van der Waals surface area contributed by atoms with Gasteiger partial charge in [0.2, 0.25) is 0 Å². The third-order valence-electron chi connectivity index (χ3n) is 5.51. The molecule has 7 nitrogen and oxygen atoms in total. The lowest BCUT2D eigenvalue weighted by Gasteiger charge is -2.20. The molecular weight excluding hydrogens is 330 g/mol. The van der Waals surface area contributed by atoms with Crippen LogP contribution < -0.4 is 5.56 Å². The Balaban J connectivity index is 1.56. The lowest BCUT2D eigenvalue weighted by atomic mass is 10.2. The molecule has 0 saturated carbocycles. The second-order valence-corrected chi connectivity index (χ2v) is 7.50. The maximum atomic E-state index is 12.6. The molecule has 2 aromatic heterocycles. The normalized spacial score (nSPS) is 18.8. The van der Waals surface area contributed by atoms with E-state index in [1.807, 2.05) is 18.4 Å². The first kappa shape index (κ1) is 17.4. The predicted octanol–water partition coefficient (Wildman–Crippen LogP) is 1.85. The Kier molecular flexibility index (Phi) is 4.91. The fourth-order valence-corrected chi connectivity index (χ4v) is 4.03. The summed E-state index contributed by atoms with van der Waals surface area (Å²) in [6.07, 6.45) is 3.44. The Hall–Kier alpha value is -1.99. The van der Waals surface area contributed by atoms with E-state index in [0.29, 0.717) is 6.54 Å². The van der Waals surface area contributed by atoms with Crippen molar-refractivity contribution in [3.05, 3.63) is 45.0 Å². The summed E-state index contributed by atoms with van der Waals surface area (Å²) in [7, 11) is 0. The van der Waals surface area contributed by atoms with Gasteiger partial charge in [-0.25, -0.2) is 4.98 Å². The van der Waals surface area contributed by atoms with E-state index in [-0.39, 0.29) is 5.56 Å². The van der Waals surface area contributed by atoms with Crippen LogP contribution in [-0.2, 0) is 26.2 Å². The van der Waals surface area contributed by atoms with Gasteiger partial charge in [0, 0.05) is 37.8 Å². The van der Waals surface area contributed by atoms with Gasteiger partial charge in [-0.05, 0) is 46.2 Å². The molecule has 26 heavy (non-hydrogen) atoms. The topological polar surface area (TPSA) is 67.4 Å². The number of nitrogens with zero attached hydrogens (tertiary/aromatic N) is 5. The molecule has 2 aliphatic heterocycles. The van der Waals surface area contributed by atoms with Crippen LogP contribution in [0.1, 0.15) is 47.8 Å². The van der Waals surface area contributed by atoms with Gasteiger partial charge in [-0.1, -0.05) is 5.16 Å². The molecule has 0 amide bonds. The van der Waals surface area contributed by atoms with Crippen LogP contribution in [0.4, 0.5) is 0 Å². The molecule has 1 saturated heterocycles. The molecule has 4 rings (SSSR count). The van der Waals surface area contributed by atoms with Gasteiger partial charge in [0.05, 0.1) is 17.9 Å². The number of rotatable bonds is 4. The fraction of sp³-hybridized carbons (Fsp3) is 0.632. The average molecular weight is 357 g/mol. The van der Waals surface area contributed by atoms with E-state index in [1.54, 1.807) is 6.07 Å². The van der Waals surface area contributed by atoms with Crippen LogP contribution in [0.25, 0.3) is 0 Å². The molecule has 0 spiro atoms. The molecule has 2 aliphatic rings. The number of aryl methyl sites for hydroxylation is 2. The Bertz CT molecular complexity index is 815. The first-order valence-electron chi connectivity index (χ1n) is 9.56. The lowest BCUT2D eigenvalue weighted by molar-refractivity contribution is 0.255. The molecule has 1 fully saturated rings. The first-order valence-corrected chi connectivity index (χ1v) is 9.56. The molecule has 0 radical (unpaired) electrons. The summed E-state index contributed by atoms with van der Waals surface area (Å²) in [4.78, 5) is 22.2. The van der Waals surface area contributed by atoms with Gasteiger partial charge in [-0.2, -0.15) is 0 Å². The van der Waals surface area contributed by atoms with Crippen molar-refractivity contribution >= 4 is 0 Å². The number of hydrogen-bond donors (Lipinski definition) is 0. The van der Waals surface area contributed by atoms with Crippen molar-refractivity contribution < 1.29 is 4.52 Å². The van der Waals surface area contributed by atoms with Crippen LogP contribution >= 0.6 is 0 Å². The van der Waals surface area contributed by atoms with E-state index in [0.717, 1.165) is 74.2 Å². The van der Waals surface area contributed by atoms with Crippen LogP contribution in [0.3, 0.4) is 0 Å². The van der Waals surface area contributed by atoms with E-state index < -0.39 is 0 Å². The summed E-state index contributed by atoms with van der Waals surface area (Å²) in [5, 5.41) is 4.06. The number of aromatic nitrogens is 3. The third-order valence-corrected chi connectivity index (χ3v) is 5.51. The molecule has 0 unspecified atom stereocenters. The van der Waals surface area contributed by atoms with E-state index >= 15 is 0 Å². The Labute approximate surface area is 153 Å². The largest absolute Gasteiger partial charge is 0.361 e. The zero-order chi connectivity index (χ0) is 18.1. The minimum Gasteiger partial charge on any atom is -0.361 e. The molecule has 7 heteroatoms. The smallest absolute Gasteiger partial charge is 0.253 e. The van der Waals surface area contributed by atoms with Gasteiger partial charge in [-0.3, -0.25) is 19.2 Å². The molecule has 0 aromatic carbocycles. The van der Waals surface area contributed by atoms with Crippen molar-refractivity contribution in [3.8, 4) is 0 Å². The summed E-state index contributed by atoms with van der Waals surface area (Å²) < 4.78 is 7.15. The molecule has 0 bridgehead atoms. The van der Waals surface area contributed by atoms with E-state index in [1.165, 1.54) is 12.8 Å². The van der Waals surface area contributed by atoms with Crippen LogP contribution in [0.5, 0.6) is 0 Å². The minimum atomic E-state index is 0.0865. The molecular formula is C19H27N5O2.